The van der Waals surface area contributed by atoms with Crippen molar-refractivity contribution < 1.29 is 9.53 Å². The van der Waals surface area contributed by atoms with Gasteiger partial charge >= 0.3 is 0 Å². The Labute approximate surface area is 174 Å². The highest BCUT2D eigenvalue weighted by molar-refractivity contribution is 14.0. The van der Waals surface area contributed by atoms with Gasteiger partial charge in [-0.1, -0.05) is 12.1 Å². The zero-order chi connectivity index (χ0) is 18.2. The van der Waals surface area contributed by atoms with E-state index in [0.29, 0.717) is 13.2 Å². The first-order valence-electron chi connectivity index (χ1n) is 9.06. The summed E-state index contributed by atoms with van der Waals surface area (Å²) < 4.78 is 5.59. The Bertz CT molecular complexity index is 614. The van der Waals surface area contributed by atoms with Crippen LogP contribution in [0.3, 0.4) is 0 Å². The average Bonchev–Trinajstić information content (AvgIpc) is 2.61. The lowest BCUT2D eigenvalue weighted by Gasteiger charge is -2.36. The maximum Gasteiger partial charge on any atom is 0.219 e. The van der Waals surface area contributed by atoms with Gasteiger partial charge in [-0.3, -0.25) is 4.79 Å². The van der Waals surface area contributed by atoms with E-state index in [1.54, 1.807) is 6.92 Å². The molecule has 1 N–H and O–H groups in total. The molecule has 1 amide bonds. The van der Waals surface area contributed by atoms with Crippen LogP contribution in [0.1, 0.15) is 31.9 Å². The van der Waals surface area contributed by atoms with E-state index >= 15 is 0 Å². The molecule has 1 saturated heterocycles. The van der Waals surface area contributed by atoms with Crippen molar-refractivity contribution in [2.75, 3.05) is 39.3 Å². The summed E-state index contributed by atoms with van der Waals surface area (Å²) in [4.78, 5) is 20.4. The van der Waals surface area contributed by atoms with Crippen molar-refractivity contribution in [3.05, 3.63) is 29.3 Å². The fraction of sp³-hybridized carbons (Fsp3) is 0.579. The van der Waals surface area contributed by atoms with E-state index in [4.69, 9.17) is 9.73 Å². The van der Waals surface area contributed by atoms with Gasteiger partial charge in [0.15, 0.2) is 5.96 Å². The Kier molecular flexibility index (Phi) is 9.75. The van der Waals surface area contributed by atoms with Gasteiger partial charge in [0, 0.05) is 39.6 Å². The van der Waals surface area contributed by atoms with Gasteiger partial charge in [0.1, 0.15) is 5.75 Å². The monoisotopic (exact) mass is 474 g/mol. The van der Waals surface area contributed by atoms with Crippen LogP contribution in [0.5, 0.6) is 5.75 Å². The van der Waals surface area contributed by atoms with Crippen molar-refractivity contribution >= 4 is 35.8 Å². The van der Waals surface area contributed by atoms with Crippen molar-refractivity contribution in [2.24, 2.45) is 4.99 Å². The summed E-state index contributed by atoms with van der Waals surface area (Å²) in [7, 11) is 0. The Hall–Kier alpha value is -1.51. The van der Waals surface area contributed by atoms with E-state index in [1.165, 1.54) is 5.56 Å². The van der Waals surface area contributed by atoms with Crippen LogP contribution < -0.4 is 10.1 Å². The maximum atomic E-state index is 11.5. The van der Waals surface area contributed by atoms with Crippen LogP contribution in [0.2, 0.25) is 0 Å². The first kappa shape index (κ1) is 22.5. The van der Waals surface area contributed by atoms with Gasteiger partial charge < -0.3 is 19.9 Å². The molecule has 1 fully saturated rings. The van der Waals surface area contributed by atoms with E-state index in [2.05, 4.69) is 36.2 Å². The SMILES string of the molecule is CCNC(=NCc1ccc(OCC)c(C)c1)N1CCN(C(C)=O)CC1.I. The number of hydrogen-bond donors (Lipinski definition) is 1. The second kappa shape index (κ2) is 11.3. The number of halogens is 1. The number of piperazine rings is 1. The molecule has 1 aromatic carbocycles. The number of nitrogens with one attached hydrogen (secondary N) is 1. The molecule has 0 bridgehead atoms. The number of nitrogens with zero attached hydrogens (tertiary/aromatic N) is 3. The van der Waals surface area contributed by atoms with Crippen LogP contribution in [0.4, 0.5) is 0 Å². The van der Waals surface area contributed by atoms with Gasteiger partial charge in [-0.25, -0.2) is 4.99 Å². The Morgan fingerprint density at radius 2 is 1.85 bits per heavy atom. The Balaban J connectivity index is 0.00000338. The van der Waals surface area contributed by atoms with E-state index in [0.717, 1.165) is 50.0 Å². The highest BCUT2D eigenvalue weighted by Gasteiger charge is 2.20. The number of amides is 1. The molecule has 7 heteroatoms. The van der Waals surface area contributed by atoms with Gasteiger partial charge in [0.05, 0.1) is 13.2 Å². The zero-order valence-electron chi connectivity index (χ0n) is 16.2. The first-order valence-corrected chi connectivity index (χ1v) is 9.06. The molecule has 1 aliphatic rings. The Morgan fingerprint density at radius 1 is 1.19 bits per heavy atom. The predicted molar refractivity (Wildman–Crippen MR) is 116 cm³/mol. The third-order valence-corrected chi connectivity index (χ3v) is 4.31. The number of rotatable bonds is 5. The minimum atomic E-state index is 0. The van der Waals surface area contributed by atoms with Gasteiger partial charge in [-0.05, 0) is 38.0 Å². The number of guanidine groups is 1. The number of carbonyl (C=O) groups excluding carboxylic acids is 1. The molecule has 0 radical (unpaired) electrons. The third-order valence-electron chi connectivity index (χ3n) is 4.31. The molecule has 0 unspecified atom stereocenters. The zero-order valence-corrected chi connectivity index (χ0v) is 18.6. The van der Waals surface area contributed by atoms with Crippen LogP contribution in [-0.4, -0.2) is 61.0 Å². The molecule has 1 heterocycles. The highest BCUT2D eigenvalue weighted by Crippen LogP contribution is 2.19. The standard InChI is InChI=1S/C19H30N4O2.HI/c1-5-20-19(23-11-9-22(10-12-23)16(4)24)21-14-17-7-8-18(25-6-2)15(3)13-17;/h7-8,13H,5-6,9-12,14H2,1-4H3,(H,20,21);1H. The lowest BCUT2D eigenvalue weighted by molar-refractivity contribution is -0.130. The summed E-state index contributed by atoms with van der Waals surface area (Å²) >= 11 is 0. The van der Waals surface area contributed by atoms with E-state index in [9.17, 15) is 4.79 Å². The quantitative estimate of drug-likeness (QED) is 0.405. The molecule has 0 aliphatic carbocycles. The minimum Gasteiger partial charge on any atom is -0.494 e. The number of benzene rings is 1. The maximum absolute atomic E-state index is 11.5. The van der Waals surface area contributed by atoms with Gasteiger partial charge in [0.25, 0.3) is 0 Å². The van der Waals surface area contributed by atoms with Crippen LogP contribution in [-0.2, 0) is 11.3 Å². The second-order valence-electron chi connectivity index (χ2n) is 6.20. The van der Waals surface area contributed by atoms with Crippen molar-refractivity contribution in [1.82, 2.24) is 15.1 Å². The van der Waals surface area contributed by atoms with Gasteiger partial charge in [0.2, 0.25) is 5.91 Å². The van der Waals surface area contributed by atoms with Crippen LogP contribution in [0.25, 0.3) is 0 Å². The van der Waals surface area contributed by atoms with Crippen molar-refractivity contribution in [1.29, 1.82) is 0 Å². The third kappa shape index (κ3) is 6.34. The summed E-state index contributed by atoms with van der Waals surface area (Å²) in [6.07, 6.45) is 0. The predicted octanol–water partition coefficient (Wildman–Crippen LogP) is 2.64. The second-order valence-corrected chi connectivity index (χ2v) is 6.20. The van der Waals surface area contributed by atoms with Crippen LogP contribution in [0, 0.1) is 6.92 Å². The topological polar surface area (TPSA) is 57.2 Å². The number of ether oxygens (including phenoxy) is 1. The molecule has 2 rings (SSSR count). The molecule has 0 aromatic heterocycles. The minimum absolute atomic E-state index is 0. The molecule has 1 aliphatic heterocycles. The summed E-state index contributed by atoms with van der Waals surface area (Å²) in [6.45, 7) is 13.0. The molecule has 0 atom stereocenters. The van der Waals surface area contributed by atoms with Crippen LogP contribution in [0.15, 0.2) is 23.2 Å². The molecule has 146 valence electrons. The smallest absolute Gasteiger partial charge is 0.219 e. The fourth-order valence-corrected chi connectivity index (χ4v) is 2.95. The average molecular weight is 474 g/mol. The van der Waals surface area contributed by atoms with Gasteiger partial charge in [-0.15, -0.1) is 24.0 Å². The van der Waals surface area contributed by atoms with Crippen LogP contribution >= 0.6 is 24.0 Å². The molecule has 1 aromatic rings. The summed E-state index contributed by atoms with van der Waals surface area (Å²) in [5.74, 6) is 1.99. The van der Waals surface area contributed by atoms with E-state index in [1.807, 2.05) is 17.9 Å². The summed E-state index contributed by atoms with van der Waals surface area (Å²) in [6, 6.07) is 6.22. The van der Waals surface area contributed by atoms with Crippen molar-refractivity contribution in [2.45, 2.75) is 34.2 Å². The van der Waals surface area contributed by atoms with Crippen molar-refractivity contribution in [3.8, 4) is 5.75 Å². The van der Waals surface area contributed by atoms with E-state index in [-0.39, 0.29) is 29.9 Å². The fourth-order valence-electron chi connectivity index (χ4n) is 2.95. The largest absolute Gasteiger partial charge is 0.494 e. The lowest BCUT2D eigenvalue weighted by atomic mass is 10.1. The number of hydrogen-bond acceptors (Lipinski definition) is 3. The van der Waals surface area contributed by atoms with E-state index < -0.39 is 0 Å². The molecular weight excluding hydrogens is 443 g/mol. The number of aliphatic imine (C=N–C) groups is 1. The summed E-state index contributed by atoms with van der Waals surface area (Å²) in [5.41, 5.74) is 2.30. The highest BCUT2D eigenvalue weighted by atomic mass is 127. The molecule has 6 nitrogen and oxygen atoms in total. The molecular formula is C19H31IN4O2. The van der Waals surface area contributed by atoms with Crippen molar-refractivity contribution in [3.63, 3.8) is 0 Å². The normalized spacial score (nSPS) is 14.7. The molecule has 0 spiro atoms. The van der Waals surface area contributed by atoms with Gasteiger partial charge in [-0.2, -0.15) is 0 Å². The molecule has 26 heavy (non-hydrogen) atoms. The molecule has 0 saturated carbocycles. The number of carbonyl (C=O) groups is 1. The Morgan fingerprint density at radius 3 is 2.38 bits per heavy atom. The number of aryl methyl sites for hydroxylation is 1. The lowest BCUT2D eigenvalue weighted by Crippen LogP contribution is -2.53. The summed E-state index contributed by atoms with van der Waals surface area (Å²) in [5, 5.41) is 3.36. The first-order chi connectivity index (χ1) is 12.0.